The van der Waals surface area contributed by atoms with Crippen molar-refractivity contribution in [3.63, 3.8) is 0 Å². The molecule has 0 heterocycles. The number of hydrogen-bond donors (Lipinski definition) is 1. The number of ether oxygens (including phenoxy) is 1. The number of carbonyl (C=O) groups excluding carboxylic acids is 1. The SMILES string of the molecule is COC(=O)C(O)[Si](C)(C)C. The number of methoxy groups -OCH3 is 1. The molecule has 0 aromatic carbocycles. The van der Waals surface area contributed by atoms with Gasteiger partial charge in [0.2, 0.25) is 0 Å². The Bertz CT molecular complexity index is 127. The molecule has 4 heteroatoms. The van der Waals surface area contributed by atoms with Gasteiger partial charge in [-0.25, -0.2) is 4.79 Å². The molecule has 0 radical (unpaired) electrons. The van der Waals surface area contributed by atoms with E-state index in [0.29, 0.717) is 0 Å². The summed E-state index contributed by atoms with van der Waals surface area (Å²) in [5, 5.41) is 9.24. The van der Waals surface area contributed by atoms with E-state index in [0.717, 1.165) is 0 Å². The third kappa shape index (κ3) is 2.49. The van der Waals surface area contributed by atoms with Gasteiger partial charge in [0.1, 0.15) is 5.73 Å². The summed E-state index contributed by atoms with van der Waals surface area (Å²) in [5.41, 5.74) is -0.891. The van der Waals surface area contributed by atoms with Gasteiger partial charge in [-0.1, -0.05) is 19.6 Å². The van der Waals surface area contributed by atoms with Crippen LogP contribution in [0.25, 0.3) is 0 Å². The smallest absolute Gasteiger partial charge is 0.331 e. The zero-order valence-corrected chi connectivity index (χ0v) is 7.84. The van der Waals surface area contributed by atoms with Crippen LogP contribution in [0.2, 0.25) is 19.6 Å². The maximum absolute atomic E-state index is 10.7. The summed E-state index contributed by atoms with van der Waals surface area (Å²) in [6.45, 7) is 5.73. The van der Waals surface area contributed by atoms with Gasteiger partial charge in [-0.05, 0) is 0 Å². The number of hydrogen-bond acceptors (Lipinski definition) is 3. The molecule has 0 aliphatic heterocycles. The molecule has 0 bridgehead atoms. The minimum atomic E-state index is -1.76. The monoisotopic (exact) mass is 162 g/mol. The van der Waals surface area contributed by atoms with Gasteiger partial charge in [-0.2, -0.15) is 0 Å². The average molecular weight is 162 g/mol. The van der Waals surface area contributed by atoms with Crippen LogP contribution >= 0.6 is 0 Å². The number of carbonyl (C=O) groups is 1. The first-order valence-corrected chi connectivity index (χ1v) is 6.73. The molecule has 0 amide bonds. The van der Waals surface area contributed by atoms with Crippen LogP contribution in [0.5, 0.6) is 0 Å². The Balaban J connectivity index is 4.08. The molecule has 3 nitrogen and oxygen atoms in total. The second-order valence-electron chi connectivity index (χ2n) is 3.29. The lowest BCUT2D eigenvalue weighted by atomic mass is 10.7. The van der Waals surface area contributed by atoms with Gasteiger partial charge in [0.05, 0.1) is 15.2 Å². The van der Waals surface area contributed by atoms with E-state index >= 15 is 0 Å². The molecule has 1 N–H and O–H groups in total. The Morgan fingerprint density at radius 1 is 1.50 bits per heavy atom. The summed E-state index contributed by atoms with van der Waals surface area (Å²) < 4.78 is 4.38. The summed E-state index contributed by atoms with van der Waals surface area (Å²) in [4.78, 5) is 10.7. The summed E-state index contributed by atoms with van der Waals surface area (Å²) in [6, 6.07) is 0. The van der Waals surface area contributed by atoms with E-state index in [1.165, 1.54) is 7.11 Å². The molecule has 0 fully saturated rings. The summed E-state index contributed by atoms with van der Waals surface area (Å²) in [6.07, 6.45) is 0. The van der Waals surface area contributed by atoms with Crippen molar-refractivity contribution in [1.82, 2.24) is 0 Å². The van der Waals surface area contributed by atoms with Gasteiger partial charge in [-0.15, -0.1) is 0 Å². The Kier molecular flexibility index (Phi) is 3.05. The highest BCUT2D eigenvalue weighted by Crippen LogP contribution is 2.07. The molecule has 0 rings (SSSR count). The van der Waals surface area contributed by atoms with E-state index in [-0.39, 0.29) is 0 Å². The molecule has 0 saturated carbocycles. The van der Waals surface area contributed by atoms with Crippen molar-refractivity contribution in [1.29, 1.82) is 0 Å². The van der Waals surface area contributed by atoms with E-state index < -0.39 is 19.8 Å². The van der Waals surface area contributed by atoms with Crippen LogP contribution in [0.4, 0.5) is 0 Å². The zero-order valence-electron chi connectivity index (χ0n) is 6.84. The van der Waals surface area contributed by atoms with E-state index in [2.05, 4.69) is 4.74 Å². The van der Waals surface area contributed by atoms with Crippen molar-refractivity contribution in [3.05, 3.63) is 0 Å². The molecule has 10 heavy (non-hydrogen) atoms. The first kappa shape index (κ1) is 9.65. The van der Waals surface area contributed by atoms with Crippen molar-refractivity contribution in [2.75, 3.05) is 7.11 Å². The standard InChI is InChI=1S/C6H14O3Si/c1-9-5(7)6(8)10(2,3)4/h6,8H,1-4H3. The Labute approximate surface area is 62.0 Å². The van der Waals surface area contributed by atoms with Crippen LogP contribution in [-0.4, -0.2) is 32.0 Å². The molecule has 0 aromatic rings. The second-order valence-corrected chi connectivity index (χ2v) is 8.57. The highest BCUT2D eigenvalue weighted by atomic mass is 28.3. The topological polar surface area (TPSA) is 46.5 Å². The maximum atomic E-state index is 10.7. The van der Waals surface area contributed by atoms with E-state index in [1.807, 2.05) is 19.6 Å². The lowest BCUT2D eigenvalue weighted by Gasteiger charge is -2.20. The van der Waals surface area contributed by atoms with Crippen LogP contribution in [0.3, 0.4) is 0 Å². The third-order valence-corrected chi connectivity index (χ3v) is 3.12. The Morgan fingerprint density at radius 3 is 2.00 bits per heavy atom. The number of aliphatic hydroxyl groups excluding tert-OH is 1. The highest BCUT2D eigenvalue weighted by Gasteiger charge is 2.31. The predicted octanol–water partition coefficient (Wildman–Crippen LogP) is 0.398. The van der Waals surface area contributed by atoms with Crippen molar-refractivity contribution in [2.45, 2.75) is 25.4 Å². The molecule has 0 spiro atoms. The fourth-order valence-corrected chi connectivity index (χ4v) is 1.29. The maximum Gasteiger partial charge on any atom is 0.331 e. The fourth-order valence-electron chi connectivity index (χ4n) is 0.465. The van der Waals surface area contributed by atoms with E-state index in [9.17, 15) is 9.90 Å². The molecule has 0 aliphatic rings. The number of esters is 1. The lowest BCUT2D eigenvalue weighted by Crippen LogP contribution is -2.44. The van der Waals surface area contributed by atoms with Crippen LogP contribution in [0.1, 0.15) is 0 Å². The van der Waals surface area contributed by atoms with Crippen molar-refractivity contribution in [2.24, 2.45) is 0 Å². The summed E-state index contributed by atoms with van der Waals surface area (Å²) in [5.74, 6) is -0.515. The van der Waals surface area contributed by atoms with E-state index in [4.69, 9.17) is 0 Å². The quantitative estimate of drug-likeness (QED) is 0.472. The van der Waals surface area contributed by atoms with Gasteiger partial charge < -0.3 is 9.84 Å². The molecule has 0 aliphatic carbocycles. The van der Waals surface area contributed by atoms with Gasteiger partial charge in [0, 0.05) is 0 Å². The fraction of sp³-hybridized carbons (Fsp3) is 0.833. The third-order valence-electron chi connectivity index (χ3n) is 1.24. The Morgan fingerprint density at radius 2 is 1.90 bits per heavy atom. The molecule has 0 aromatic heterocycles. The van der Waals surface area contributed by atoms with Crippen molar-refractivity contribution in [3.8, 4) is 0 Å². The lowest BCUT2D eigenvalue weighted by molar-refractivity contribution is -0.146. The van der Waals surface area contributed by atoms with Gasteiger partial charge in [0.25, 0.3) is 0 Å². The van der Waals surface area contributed by atoms with Crippen LogP contribution in [0.15, 0.2) is 0 Å². The van der Waals surface area contributed by atoms with Crippen molar-refractivity contribution >= 4 is 14.0 Å². The molecule has 0 saturated heterocycles. The minimum absolute atomic E-state index is 0.515. The average Bonchev–Trinajstić information content (AvgIpc) is 1.83. The molecule has 1 unspecified atom stereocenters. The second kappa shape index (κ2) is 3.16. The zero-order chi connectivity index (χ0) is 8.36. The highest BCUT2D eigenvalue weighted by molar-refractivity contribution is 6.80. The predicted molar refractivity (Wildman–Crippen MR) is 41.4 cm³/mol. The Hall–Kier alpha value is -0.353. The molecular weight excluding hydrogens is 148 g/mol. The largest absolute Gasteiger partial charge is 0.467 e. The molecule has 1 atom stereocenters. The summed E-state index contributed by atoms with van der Waals surface area (Å²) in [7, 11) is -0.480. The first-order chi connectivity index (χ1) is 4.39. The first-order valence-electron chi connectivity index (χ1n) is 3.15. The van der Waals surface area contributed by atoms with Crippen molar-refractivity contribution < 1.29 is 14.6 Å². The number of aliphatic hydroxyl groups is 1. The van der Waals surface area contributed by atoms with Crippen LogP contribution < -0.4 is 0 Å². The summed E-state index contributed by atoms with van der Waals surface area (Å²) >= 11 is 0. The minimum Gasteiger partial charge on any atom is -0.467 e. The van der Waals surface area contributed by atoms with Gasteiger partial charge >= 0.3 is 5.97 Å². The van der Waals surface area contributed by atoms with Crippen LogP contribution in [-0.2, 0) is 9.53 Å². The van der Waals surface area contributed by atoms with Gasteiger partial charge in [0.15, 0.2) is 0 Å². The van der Waals surface area contributed by atoms with Gasteiger partial charge in [-0.3, -0.25) is 0 Å². The normalized spacial score (nSPS) is 14.5. The molecule has 60 valence electrons. The van der Waals surface area contributed by atoms with E-state index in [1.54, 1.807) is 0 Å². The molecular formula is C6H14O3Si. The number of rotatable bonds is 2. The van der Waals surface area contributed by atoms with Crippen LogP contribution in [0, 0.1) is 0 Å².